The quantitative estimate of drug-likeness (QED) is 0.511. The summed E-state index contributed by atoms with van der Waals surface area (Å²) in [4.78, 5) is 11.4. The van der Waals surface area contributed by atoms with Crippen LogP contribution in [-0.2, 0) is 0 Å². The van der Waals surface area contributed by atoms with Gasteiger partial charge in [0.1, 0.15) is 5.82 Å². The van der Waals surface area contributed by atoms with Crippen LogP contribution in [0.1, 0.15) is 10.4 Å². The van der Waals surface area contributed by atoms with Crippen molar-refractivity contribution >= 4 is 34.8 Å². The molecular weight excluding hydrogens is 241 g/mol. The van der Waals surface area contributed by atoms with E-state index in [0.29, 0.717) is 0 Å². The van der Waals surface area contributed by atoms with Crippen LogP contribution in [-0.4, -0.2) is 11.0 Å². The van der Waals surface area contributed by atoms with Gasteiger partial charge in [-0.05, 0) is 24.4 Å². The SMILES string of the molecule is NC(=S)NNC(=O)c1c(F)cccc1Cl. The first-order valence-electron chi connectivity index (χ1n) is 3.82. The second-order valence-corrected chi connectivity index (χ2v) is 3.39. The first kappa shape index (κ1) is 11.7. The molecule has 80 valence electrons. The molecular formula is C8H7ClFN3OS. The predicted octanol–water partition coefficient (Wildman–Crippen LogP) is 0.957. The number of hydrazine groups is 1. The molecule has 7 heteroatoms. The van der Waals surface area contributed by atoms with E-state index in [2.05, 4.69) is 23.1 Å². The molecule has 0 saturated heterocycles. The van der Waals surface area contributed by atoms with Crippen LogP contribution in [0.15, 0.2) is 18.2 Å². The van der Waals surface area contributed by atoms with Crippen molar-refractivity contribution in [3.05, 3.63) is 34.6 Å². The molecule has 1 aromatic rings. The van der Waals surface area contributed by atoms with Crippen molar-refractivity contribution < 1.29 is 9.18 Å². The fourth-order valence-electron chi connectivity index (χ4n) is 0.896. The lowest BCUT2D eigenvalue weighted by Crippen LogP contribution is -2.44. The Morgan fingerprint density at radius 3 is 2.67 bits per heavy atom. The number of nitrogens with one attached hydrogen (secondary N) is 2. The van der Waals surface area contributed by atoms with Crippen molar-refractivity contribution in [2.24, 2.45) is 5.73 Å². The van der Waals surface area contributed by atoms with Crippen LogP contribution in [0, 0.1) is 5.82 Å². The molecule has 4 N–H and O–H groups in total. The molecule has 0 saturated carbocycles. The van der Waals surface area contributed by atoms with Gasteiger partial charge in [0.05, 0.1) is 10.6 Å². The van der Waals surface area contributed by atoms with E-state index in [1.54, 1.807) is 0 Å². The van der Waals surface area contributed by atoms with Gasteiger partial charge in [0.2, 0.25) is 0 Å². The van der Waals surface area contributed by atoms with Gasteiger partial charge in [-0.3, -0.25) is 15.6 Å². The van der Waals surface area contributed by atoms with Crippen molar-refractivity contribution in [3.8, 4) is 0 Å². The average Bonchev–Trinajstić information content (AvgIpc) is 2.14. The maximum Gasteiger partial charge on any atom is 0.274 e. The molecule has 0 bridgehead atoms. The molecule has 15 heavy (non-hydrogen) atoms. The van der Waals surface area contributed by atoms with Gasteiger partial charge in [0, 0.05) is 0 Å². The number of hydrogen-bond donors (Lipinski definition) is 3. The fourth-order valence-corrected chi connectivity index (χ4v) is 1.20. The summed E-state index contributed by atoms with van der Waals surface area (Å²) < 4.78 is 13.2. The van der Waals surface area contributed by atoms with E-state index in [0.717, 1.165) is 6.07 Å². The third kappa shape index (κ3) is 3.03. The largest absolute Gasteiger partial charge is 0.375 e. The summed E-state index contributed by atoms with van der Waals surface area (Å²) in [6, 6.07) is 3.93. The topological polar surface area (TPSA) is 67.2 Å². The van der Waals surface area contributed by atoms with Crippen molar-refractivity contribution in [1.29, 1.82) is 0 Å². The Labute approximate surface area is 95.6 Å². The summed E-state index contributed by atoms with van der Waals surface area (Å²) in [7, 11) is 0. The molecule has 0 aliphatic heterocycles. The Hall–Kier alpha value is -1.40. The smallest absolute Gasteiger partial charge is 0.274 e. The molecule has 4 nitrogen and oxygen atoms in total. The Morgan fingerprint density at radius 2 is 2.13 bits per heavy atom. The third-order valence-corrected chi connectivity index (χ3v) is 1.91. The number of benzene rings is 1. The Morgan fingerprint density at radius 1 is 1.47 bits per heavy atom. The first-order chi connectivity index (χ1) is 7.02. The highest BCUT2D eigenvalue weighted by Gasteiger charge is 2.15. The molecule has 1 amide bonds. The van der Waals surface area contributed by atoms with Crippen LogP contribution < -0.4 is 16.6 Å². The molecule has 0 atom stereocenters. The first-order valence-corrected chi connectivity index (χ1v) is 4.61. The number of nitrogens with two attached hydrogens (primary N) is 1. The van der Waals surface area contributed by atoms with Gasteiger partial charge < -0.3 is 5.73 Å². The zero-order valence-electron chi connectivity index (χ0n) is 7.38. The summed E-state index contributed by atoms with van der Waals surface area (Å²) in [6.07, 6.45) is 0. The summed E-state index contributed by atoms with van der Waals surface area (Å²) in [5.74, 6) is -1.46. The van der Waals surface area contributed by atoms with Crippen LogP contribution in [0.2, 0.25) is 5.02 Å². The number of amides is 1. The van der Waals surface area contributed by atoms with Gasteiger partial charge in [-0.1, -0.05) is 17.7 Å². The minimum atomic E-state index is -0.745. The Balaban J connectivity index is 2.86. The molecule has 0 spiro atoms. The van der Waals surface area contributed by atoms with Crippen molar-refractivity contribution in [2.45, 2.75) is 0 Å². The molecule has 0 unspecified atom stereocenters. The molecule has 0 aromatic heterocycles. The lowest BCUT2D eigenvalue weighted by molar-refractivity contribution is 0.0940. The lowest BCUT2D eigenvalue weighted by atomic mass is 10.2. The van der Waals surface area contributed by atoms with Crippen molar-refractivity contribution in [1.82, 2.24) is 10.9 Å². The number of hydrogen-bond acceptors (Lipinski definition) is 2. The number of rotatable bonds is 1. The molecule has 0 heterocycles. The van der Waals surface area contributed by atoms with Gasteiger partial charge in [0.25, 0.3) is 5.91 Å². The normalized spacial score (nSPS) is 9.47. The number of thiocarbonyl (C=S) groups is 1. The van der Waals surface area contributed by atoms with E-state index < -0.39 is 11.7 Å². The highest BCUT2D eigenvalue weighted by molar-refractivity contribution is 7.80. The Kier molecular flexibility index (Phi) is 3.81. The maximum atomic E-state index is 13.2. The fraction of sp³-hybridized carbons (Fsp3) is 0. The molecule has 0 radical (unpaired) electrons. The predicted molar refractivity (Wildman–Crippen MR) is 58.8 cm³/mol. The number of carbonyl (C=O) groups is 1. The maximum absolute atomic E-state index is 13.2. The summed E-state index contributed by atoms with van der Waals surface area (Å²) in [6.45, 7) is 0. The summed E-state index contributed by atoms with van der Waals surface area (Å²) in [5.41, 5.74) is 9.10. The monoisotopic (exact) mass is 247 g/mol. The second kappa shape index (κ2) is 4.90. The highest BCUT2D eigenvalue weighted by Crippen LogP contribution is 2.18. The number of halogens is 2. The zero-order chi connectivity index (χ0) is 11.4. The lowest BCUT2D eigenvalue weighted by Gasteiger charge is -2.08. The number of carbonyl (C=O) groups excluding carboxylic acids is 1. The minimum Gasteiger partial charge on any atom is -0.375 e. The van der Waals surface area contributed by atoms with E-state index >= 15 is 0 Å². The van der Waals surface area contributed by atoms with Crippen molar-refractivity contribution in [3.63, 3.8) is 0 Å². The molecule has 0 aliphatic rings. The van der Waals surface area contributed by atoms with E-state index in [9.17, 15) is 9.18 Å². The highest BCUT2D eigenvalue weighted by atomic mass is 35.5. The van der Waals surface area contributed by atoms with Crippen LogP contribution >= 0.6 is 23.8 Å². The van der Waals surface area contributed by atoms with Crippen molar-refractivity contribution in [2.75, 3.05) is 0 Å². The van der Waals surface area contributed by atoms with Crippen LogP contribution in [0.3, 0.4) is 0 Å². The minimum absolute atomic E-state index is 0.0113. The van der Waals surface area contributed by atoms with Gasteiger partial charge in [-0.2, -0.15) is 0 Å². The standard InChI is InChI=1S/C8H7ClFN3OS/c9-4-2-1-3-5(10)6(4)7(14)12-13-8(11)15/h1-3H,(H,12,14)(H3,11,13,15). The molecule has 1 aromatic carbocycles. The third-order valence-electron chi connectivity index (χ3n) is 1.49. The van der Waals surface area contributed by atoms with Gasteiger partial charge >= 0.3 is 0 Å². The Bertz CT molecular complexity index is 393. The van der Waals surface area contributed by atoms with E-state index in [4.69, 9.17) is 17.3 Å². The average molecular weight is 248 g/mol. The molecule has 0 fully saturated rings. The van der Waals surface area contributed by atoms with E-state index in [1.165, 1.54) is 12.1 Å². The van der Waals surface area contributed by atoms with Gasteiger partial charge in [0.15, 0.2) is 5.11 Å². The van der Waals surface area contributed by atoms with Crippen LogP contribution in [0.25, 0.3) is 0 Å². The molecule has 0 aliphatic carbocycles. The molecule has 1 rings (SSSR count). The van der Waals surface area contributed by atoms with E-state index in [1.807, 2.05) is 0 Å². The summed E-state index contributed by atoms with van der Waals surface area (Å²) >= 11 is 10.1. The van der Waals surface area contributed by atoms with Crippen LogP contribution in [0.5, 0.6) is 0 Å². The second-order valence-electron chi connectivity index (χ2n) is 2.54. The van der Waals surface area contributed by atoms with Gasteiger partial charge in [-0.15, -0.1) is 0 Å². The van der Waals surface area contributed by atoms with Gasteiger partial charge in [-0.25, -0.2) is 4.39 Å². The van der Waals surface area contributed by atoms with Crippen LogP contribution in [0.4, 0.5) is 4.39 Å². The zero-order valence-corrected chi connectivity index (χ0v) is 8.95. The summed E-state index contributed by atoms with van der Waals surface area (Å²) in [5, 5.41) is -0.118. The van der Waals surface area contributed by atoms with E-state index in [-0.39, 0.29) is 15.7 Å².